The van der Waals surface area contributed by atoms with Gasteiger partial charge in [0.05, 0.1) is 11.3 Å². The summed E-state index contributed by atoms with van der Waals surface area (Å²) in [6, 6.07) is 5.70. The van der Waals surface area contributed by atoms with Gasteiger partial charge in [0.25, 0.3) is 11.7 Å². The lowest BCUT2D eigenvalue weighted by atomic mass is 10.1. The molecule has 2 aliphatic rings. The number of hydrogen-bond donors (Lipinski definition) is 0. The maximum atomic E-state index is 11.7. The summed E-state index contributed by atoms with van der Waals surface area (Å²) in [7, 11) is 1.66. The second-order valence-corrected chi connectivity index (χ2v) is 5.38. The summed E-state index contributed by atoms with van der Waals surface area (Å²) >= 11 is 0. The minimum Gasteiger partial charge on any atom is -0.371 e. The Morgan fingerprint density at radius 2 is 2.05 bits per heavy atom. The number of rotatable bonds is 4. The highest BCUT2D eigenvalue weighted by Crippen LogP contribution is 2.35. The number of amides is 1. The average Bonchev–Trinajstić information content (AvgIpc) is 3.22. The van der Waals surface area contributed by atoms with Crippen molar-refractivity contribution in [3.05, 3.63) is 23.8 Å². The molecule has 0 atom stereocenters. The molecule has 1 aromatic rings. The third-order valence-corrected chi connectivity index (χ3v) is 4.01. The maximum absolute atomic E-state index is 11.7. The van der Waals surface area contributed by atoms with Crippen LogP contribution in [0.4, 0.5) is 11.4 Å². The Hall–Kier alpha value is -1.84. The number of benzene rings is 1. The van der Waals surface area contributed by atoms with Crippen LogP contribution in [0.5, 0.6) is 0 Å². The summed E-state index contributed by atoms with van der Waals surface area (Å²) in [6.07, 6.45) is 2.64. The summed E-state index contributed by atoms with van der Waals surface area (Å²) in [5.74, 6) is -0.0131. The van der Waals surface area contributed by atoms with Crippen LogP contribution in [0, 0.1) is 5.92 Å². The molecule has 0 aromatic heterocycles. The van der Waals surface area contributed by atoms with E-state index in [2.05, 4.69) is 11.8 Å². The smallest absolute Gasteiger partial charge is 0.299 e. The molecule has 0 radical (unpaired) electrons. The van der Waals surface area contributed by atoms with Gasteiger partial charge in [-0.15, -0.1) is 0 Å². The van der Waals surface area contributed by atoms with E-state index in [0.29, 0.717) is 5.56 Å². The topological polar surface area (TPSA) is 40.6 Å². The van der Waals surface area contributed by atoms with Gasteiger partial charge in [-0.05, 0) is 43.9 Å². The number of carbonyl (C=O) groups excluding carboxylic acids is 2. The van der Waals surface area contributed by atoms with Crippen molar-refractivity contribution in [1.29, 1.82) is 0 Å². The van der Waals surface area contributed by atoms with E-state index in [1.165, 1.54) is 17.7 Å². The van der Waals surface area contributed by atoms with Crippen molar-refractivity contribution >= 4 is 23.1 Å². The van der Waals surface area contributed by atoms with E-state index in [4.69, 9.17) is 0 Å². The predicted molar refractivity (Wildman–Crippen MR) is 74.8 cm³/mol. The Labute approximate surface area is 113 Å². The van der Waals surface area contributed by atoms with Crippen molar-refractivity contribution in [2.75, 3.05) is 29.9 Å². The van der Waals surface area contributed by atoms with Gasteiger partial charge in [-0.1, -0.05) is 0 Å². The summed E-state index contributed by atoms with van der Waals surface area (Å²) < 4.78 is 0. The van der Waals surface area contributed by atoms with E-state index in [1.54, 1.807) is 13.1 Å². The van der Waals surface area contributed by atoms with Crippen LogP contribution in [0.2, 0.25) is 0 Å². The molecule has 1 aliphatic heterocycles. The van der Waals surface area contributed by atoms with Crippen molar-refractivity contribution in [3.8, 4) is 0 Å². The summed E-state index contributed by atoms with van der Waals surface area (Å²) in [6.45, 7) is 4.15. The monoisotopic (exact) mass is 258 g/mol. The van der Waals surface area contributed by atoms with Crippen molar-refractivity contribution in [2.45, 2.75) is 19.8 Å². The average molecular weight is 258 g/mol. The quantitative estimate of drug-likeness (QED) is 0.776. The Kier molecular flexibility index (Phi) is 2.81. The second-order valence-electron chi connectivity index (χ2n) is 5.38. The molecule has 1 amide bonds. The number of hydrogen-bond acceptors (Lipinski definition) is 3. The number of carbonyl (C=O) groups is 2. The molecule has 0 N–H and O–H groups in total. The zero-order chi connectivity index (χ0) is 13.6. The van der Waals surface area contributed by atoms with Crippen molar-refractivity contribution in [3.63, 3.8) is 0 Å². The molecular weight excluding hydrogens is 240 g/mol. The van der Waals surface area contributed by atoms with Crippen LogP contribution in [-0.2, 0) is 4.79 Å². The van der Waals surface area contributed by atoms with Crippen molar-refractivity contribution in [2.24, 2.45) is 5.92 Å². The van der Waals surface area contributed by atoms with Crippen LogP contribution in [0.3, 0.4) is 0 Å². The van der Waals surface area contributed by atoms with Crippen LogP contribution >= 0.6 is 0 Å². The fourth-order valence-electron chi connectivity index (χ4n) is 2.59. The number of nitrogens with zero attached hydrogens (tertiary/aromatic N) is 2. The summed E-state index contributed by atoms with van der Waals surface area (Å²) in [5, 5.41) is 0. The molecule has 4 heteroatoms. The molecule has 0 saturated heterocycles. The SMILES string of the molecule is CCN(CC1CC1)c1ccc2c(c1)N(C)C(=O)C2=O. The Morgan fingerprint density at radius 3 is 2.68 bits per heavy atom. The predicted octanol–water partition coefficient (Wildman–Crippen LogP) is 2.08. The standard InChI is InChI=1S/C15H18N2O2/c1-3-17(9-10-4-5-10)11-6-7-12-13(8-11)16(2)15(19)14(12)18/h6-8,10H,3-5,9H2,1-2H3. The molecule has 1 aliphatic carbocycles. The van der Waals surface area contributed by atoms with E-state index in [-0.39, 0.29) is 0 Å². The van der Waals surface area contributed by atoms with Gasteiger partial charge in [-0.2, -0.15) is 0 Å². The van der Waals surface area contributed by atoms with Gasteiger partial charge in [0.1, 0.15) is 0 Å². The lowest BCUT2D eigenvalue weighted by Crippen LogP contribution is -2.26. The molecule has 0 bridgehead atoms. The van der Waals surface area contributed by atoms with Gasteiger partial charge < -0.3 is 9.80 Å². The first kappa shape index (κ1) is 12.2. The molecule has 3 rings (SSSR count). The van der Waals surface area contributed by atoms with Gasteiger partial charge in [-0.3, -0.25) is 9.59 Å². The largest absolute Gasteiger partial charge is 0.371 e. The summed E-state index contributed by atoms with van der Waals surface area (Å²) in [4.78, 5) is 27.2. The van der Waals surface area contributed by atoms with Crippen LogP contribution in [0.1, 0.15) is 30.1 Å². The van der Waals surface area contributed by atoms with Gasteiger partial charge in [0.2, 0.25) is 0 Å². The highest BCUT2D eigenvalue weighted by Gasteiger charge is 2.34. The fraction of sp³-hybridized carbons (Fsp3) is 0.467. The fourth-order valence-corrected chi connectivity index (χ4v) is 2.59. The molecule has 1 aromatic carbocycles. The number of anilines is 2. The third kappa shape index (κ3) is 2.01. The van der Waals surface area contributed by atoms with Gasteiger partial charge in [0.15, 0.2) is 0 Å². The van der Waals surface area contributed by atoms with Crippen molar-refractivity contribution in [1.82, 2.24) is 0 Å². The number of fused-ring (bicyclic) bond motifs is 1. The molecule has 1 heterocycles. The first-order valence-electron chi connectivity index (χ1n) is 6.83. The highest BCUT2D eigenvalue weighted by molar-refractivity contribution is 6.52. The minimum atomic E-state index is -0.433. The van der Waals surface area contributed by atoms with E-state index >= 15 is 0 Å². The van der Waals surface area contributed by atoms with Gasteiger partial charge >= 0.3 is 0 Å². The highest BCUT2D eigenvalue weighted by atomic mass is 16.2. The Bertz CT molecular complexity index is 549. The molecule has 1 fully saturated rings. The number of Topliss-reactive ketones (excluding diaryl/α,β-unsaturated/α-hetero) is 1. The zero-order valence-corrected chi connectivity index (χ0v) is 11.3. The number of likely N-dealkylation sites (N-methyl/N-ethyl adjacent to an activating group) is 1. The first-order valence-corrected chi connectivity index (χ1v) is 6.83. The lowest BCUT2D eigenvalue weighted by Gasteiger charge is -2.24. The third-order valence-electron chi connectivity index (χ3n) is 4.01. The first-order chi connectivity index (χ1) is 9.11. The van der Waals surface area contributed by atoms with Gasteiger partial charge in [0, 0.05) is 25.8 Å². The van der Waals surface area contributed by atoms with Crippen LogP contribution in [0.25, 0.3) is 0 Å². The van der Waals surface area contributed by atoms with Crippen molar-refractivity contribution < 1.29 is 9.59 Å². The Balaban J connectivity index is 1.92. The van der Waals surface area contributed by atoms with E-state index < -0.39 is 11.7 Å². The molecular formula is C15H18N2O2. The minimum absolute atomic E-state index is 0.394. The molecule has 0 unspecified atom stereocenters. The number of ketones is 1. The van der Waals surface area contributed by atoms with E-state index in [0.717, 1.165) is 30.4 Å². The van der Waals surface area contributed by atoms with Crippen LogP contribution in [-0.4, -0.2) is 31.8 Å². The maximum Gasteiger partial charge on any atom is 0.299 e. The molecule has 4 nitrogen and oxygen atoms in total. The van der Waals surface area contributed by atoms with E-state index in [1.807, 2.05) is 12.1 Å². The molecule has 1 saturated carbocycles. The Morgan fingerprint density at radius 1 is 1.32 bits per heavy atom. The normalized spacial score (nSPS) is 17.9. The van der Waals surface area contributed by atoms with E-state index in [9.17, 15) is 9.59 Å². The molecule has 0 spiro atoms. The molecule has 100 valence electrons. The zero-order valence-electron chi connectivity index (χ0n) is 11.3. The summed E-state index contributed by atoms with van der Waals surface area (Å²) in [5.41, 5.74) is 2.36. The second kappa shape index (κ2) is 4.37. The molecule has 19 heavy (non-hydrogen) atoms. The van der Waals surface area contributed by atoms with Crippen LogP contribution in [0.15, 0.2) is 18.2 Å². The van der Waals surface area contributed by atoms with Gasteiger partial charge in [-0.25, -0.2) is 0 Å². The lowest BCUT2D eigenvalue weighted by molar-refractivity contribution is -0.114. The van der Waals surface area contributed by atoms with Crippen LogP contribution < -0.4 is 9.80 Å².